The molecule has 2 aromatic heterocycles. The average molecular weight is 235 g/mol. The first kappa shape index (κ1) is 11.6. The monoisotopic (exact) mass is 235 g/mol. The van der Waals surface area contributed by atoms with Gasteiger partial charge in [0.25, 0.3) is 0 Å². The fraction of sp³-hybridized carbons (Fsp3) is 0.273. The van der Waals surface area contributed by atoms with Gasteiger partial charge < -0.3 is 20.9 Å². The summed E-state index contributed by atoms with van der Waals surface area (Å²) in [5.41, 5.74) is 6.92. The molecule has 0 spiro atoms. The molecule has 0 aliphatic heterocycles. The first-order valence-corrected chi connectivity index (χ1v) is 5.15. The molecule has 2 aromatic rings. The van der Waals surface area contributed by atoms with Gasteiger partial charge in [-0.25, -0.2) is 0 Å². The SMILES string of the molecule is NC(=O)CC(O)C(O)c1cnc2cc[nH]c2c1. The molecule has 0 bridgehead atoms. The Labute approximate surface area is 97.1 Å². The quantitative estimate of drug-likeness (QED) is 0.589. The molecule has 0 saturated carbocycles. The number of hydrogen-bond donors (Lipinski definition) is 4. The number of rotatable bonds is 4. The molecule has 17 heavy (non-hydrogen) atoms. The lowest BCUT2D eigenvalue weighted by atomic mass is 10.0. The maximum Gasteiger partial charge on any atom is 0.220 e. The Morgan fingerprint density at radius 3 is 3.00 bits per heavy atom. The molecule has 1 amide bonds. The first-order valence-electron chi connectivity index (χ1n) is 5.15. The number of aliphatic hydroxyl groups is 2. The molecule has 0 saturated heterocycles. The normalized spacial score (nSPS) is 14.7. The van der Waals surface area contributed by atoms with Crippen molar-refractivity contribution in [3.63, 3.8) is 0 Å². The fourth-order valence-electron chi connectivity index (χ4n) is 1.65. The van der Waals surface area contributed by atoms with Gasteiger partial charge in [0.15, 0.2) is 0 Å². The molecule has 5 N–H and O–H groups in total. The summed E-state index contributed by atoms with van der Waals surface area (Å²) in [6.07, 6.45) is 0.507. The number of aromatic amines is 1. The van der Waals surface area contributed by atoms with Crippen molar-refractivity contribution in [2.45, 2.75) is 18.6 Å². The highest BCUT2D eigenvalue weighted by atomic mass is 16.3. The van der Waals surface area contributed by atoms with Crippen molar-refractivity contribution in [2.24, 2.45) is 5.73 Å². The summed E-state index contributed by atoms with van der Waals surface area (Å²) in [6, 6.07) is 3.47. The van der Waals surface area contributed by atoms with Gasteiger partial charge in [0.05, 0.1) is 23.6 Å². The van der Waals surface area contributed by atoms with Gasteiger partial charge in [-0.2, -0.15) is 0 Å². The summed E-state index contributed by atoms with van der Waals surface area (Å²) in [5, 5.41) is 19.4. The fourth-order valence-corrected chi connectivity index (χ4v) is 1.65. The van der Waals surface area contributed by atoms with Gasteiger partial charge in [0.2, 0.25) is 5.91 Å². The van der Waals surface area contributed by atoms with Gasteiger partial charge in [-0.05, 0) is 12.1 Å². The number of fused-ring (bicyclic) bond motifs is 1. The molecule has 6 nitrogen and oxygen atoms in total. The van der Waals surface area contributed by atoms with Gasteiger partial charge in [0.1, 0.15) is 6.10 Å². The Kier molecular flexibility index (Phi) is 3.08. The van der Waals surface area contributed by atoms with Crippen molar-refractivity contribution in [2.75, 3.05) is 0 Å². The van der Waals surface area contributed by atoms with Crippen LogP contribution in [0.5, 0.6) is 0 Å². The maximum absolute atomic E-state index is 10.6. The molecule has 0 aliphatic carbocycles. The van der Waals surface area contributed by atoms with Crippen molar-refractivity contribution >= 4 is 16.9 Å². The van der Waals surface area contributed by atoms with Gasteiger partial charge in [0, 0.05) is 18.0 Å². The molecule has 2 atom stereocenters. The number of nitrogens with zero attached hydrogens (tertiary/aromatic N) is 1. The van der Waals surface area contributed by atoms with Crippen LogP contribution in [0.3, 0.4) is 0 Å². The van der Waals surface area contributed by atoms with Gasteiger partial charge in [-0.3, -0.25) is 9.78 Å². The lowest BCUT2D eigenvalue weighted by molar-refractivity contribution is -0.121. The third-order valence-electron chi connectivity index (χ3n) is 2.54. The third-order valence-corrected chi connectivity index (χ3v) is 2.54. The highest BCUT2D eigenvalue weighted by Crippen LogP contribution is 2.21. The van der Waals surface area contributed by atoms with E-state index < -0.39 is 18.1 Å². The van der Waals surface area contributed by atoms with Crippen LogP contribution >= 0.6 is 0 Å². The van der Waals surface area contributed by atoms with E-state index in [0.717, 1.165) is 11.0 Å². The predicted molar refractivity (Wildman–Crippen MR) is 60.9 cm³/mol. The zero-order valence-electron chi connectivity index (χ0n) is 9.00. The Hall–Kier alpha value is -1.92. The van der Waals surface area contributed by atoms with E-state index >= 15 is 0 Å². The van der Waals surface area contributed by atoms with Crippen LogP contribution in [0.1, 0.15) is 18.1 Å². The van der Waals surface area contributed by atoms with E-state index in [1.54, 1.807) is 18.3 Å². The molecule has 0 aliphatic rings. The van der Waals surface area contributed by atoms with Crippen LogP contribution in [0.2, 0.25) is 0 Å². The van der Waals surface area contributed by atoms with Crippen LogP contribution < -0.4 is 5.73 Å². The number of nitrogens with one attached hydrogen (secondary N) is 1. The average Bonchev–Trinajstić information content (AvgIpc) is 2.73. The van der Waals surface area contributed by atoms with Crippen LogP contribution in [0, 0.1) is 0 Å². The molecule has 90 valence electrons. The minimum Gasteiger partial charge on any atom is -0.390 e. The second-order valence-electron chi connectivity index (χ2n) is 3.86. The summed E-state index contributed by atoms with van der Waals surface area (Å²) in [7, 11) is 0. The van der Waals surface area contributed by atoms with Gasteiger partial charge >= 0.3 is 0 Å². The lowest BCUT2D eigenvalue weighted by Crippen LogP contribution is -2.25. The number of primary amides is 1. The van der Waals surface area contributed by atoms with E-state index in [9.17, 15) is 15.0 Å². The zero-order chi connectivity index (χ0) is 12.4. The summed E-state index contributed by atoms with van der Waals surface area (Å²) < 4.78 is 0. The van der Waals surface area contributed by atoms with E-state index in [4.69, 9.17) is 5.73 Å². The van der Waals surface area contributed by atoms with Crippen LogP contribution in [0.4, 0.5) is 0 Å². The summed E-state index contributed by atoms with van der Waals surface area (Å²) in [6.45, 7) is 0. The number of pyridine rings is 1. The largest absolute Gasteiger partial charge is 0.390 e. The van der Waals surface area contributed by atoms with Crippen molar-refractivity contribution in [1.82, 2.24) is 9.97 Å². The Balaban J connectivity index is 2.23. The van der Waals surface area contributed by atoms with Crippen molar-refractivity contribution in [1.29, 1.82) is 0 Å². The number of H-pyrrole nitrogens is 1. The number of hydrogen-bond acceptors (Lipinski definition) is 4. The van der Waals surface area contributed by atoms with Gasteiger partial charge in [-0.15, -0.1) is 0 Å². The number of carbonyl (C=O) groups excluding carboxylic acids is 1. The molecular weight excluding hydrogens is 222 g/mol. The number of nitrogens with two attached hydrogens (primary N) is 1. The van der Waals surface area contributed by atoms with Gasteiger partial charge in [-0.1, -0.05) is 0 Å². The van der Waals surface area contributed by atoms with Crippen LogP contribution in [0.25, 0.3) is 11.0 Å². The van der Waals surface area contributed by atoms with Crippen molar-refractivity contribution in [3.05, 3.63) is 30.1 Å². The summed E-state index contributed by atoms with van der Waals surface area (Å²) in [5.74, 6) is -0.662. The van der Waals surface area contributed by atoms with Crippen molar-refractivity contribution < 1.29 is 15.0 Å². The number of aromatic nitrogens is 2. The minimum absolute atomic E-state index is 0.288. The molecule has 2 heterocycles. The maximum atomic E-state index is 10.6. The Morgan fingerprint density at radius 2 is 2.29 bits per heavy atom. The second kappa shape index (κ2) is 4.52. The molecule has 2 unspecified atom stereocenters. The van der Waals surface area contributed by atoms with Crippen LogP contribution in [-0.2, 0) is 4.79 Å². The van der Waals surface area contributed by atoms with E-state index in [0.29, 0.717) is 5.56 Å². The second-order valence-corrected chi connectivity index (χ2v) is 3.86. The molecule has 0 radical (unpaired) electrons. The predicted octanol–water partition coefficient (Wildman–Crippen LogP) is -0.167. The zero-order valence-corrected chi connectivity index (χ0v) is 9.00. The van der Waals surface area contributed by atoms with E-state index in [1.807, 2.05) is 0 Å². The minimum atomic E-state index is -1.22. The smallest absolute Gasteiger partial charge is 0.220 e. The molecular formula is C11H13N3O3. The lowest BCUT2D eigenvalue weighted by Gasteiger charge is -2.16. The van der Waals surface area contributed by atoms with Crippen LogP contribution in [-0.4, -0.2) is 32.2 Å². The van der Waals surface area contributed by atoms with Crippen molar-refractivity contribution in [3.8, 4) is 0 Å². The molecule has 0 aromatic carbocycles. The molecule has 2 rings (SSSR count). The number of carbonyl (C=O) groups is 1. The third kappa shape index (κ3) is 2.43. The van der Waals surface area contributed by atoms with E-state index in [1.165, 1.54) is 6.20 Å². The topological polar surface area (TPSA) is 112 Å². The summed E-state index contributed by atoms with van der Waals surface area (Å²) >= 11 is 0. The van der Waals surface area contributed by atoms with Crippen LogP contribution in [0.15, 0.2) is 24.5 Å². The highest BCUT2D eigenvalue weighted by molar-refractivity contribution is 5.75. The first-order chi connectivity index (χ1) is 8.08. The van der Waals surface area contributed by atoms with E-state index in [-0.39, 0.29) is 6.42 Å². The standard InChI is InChI=1S/C11H13N3O3/c12-10(16)4-9(15)11(17)6-3-8-7(14-5-6)1-2-13-8/h1-3,5,9,11,13,15,17H,4H2,(H2,12,16). The Bertz CT molecular complexity index is 537. The highest BCUT2D eigenvalue weighted by Gasteiger charge is 2.20. The van der Waals surface area contributed by atoms with E-state index in [2.05, 4.69) is 9.97 Å². The molecule has 0 fully saturated rings. The molecule has 6 heteroatoms. The number of aliphatic hydroxyl groups excluding tert-OH is 2. The Morgan fingerprint density at radius 1 is 1.53 bits per heavy atom. The summed E-state index contributed by atoms with van der Waals surface area (Å²) in [4.78, 5) is 17.7. The number of amides is 1.